The van der Waals surface area contributed by atoms with Gasteiger partial charge in [-0.05, 0) is 30.2 Å². The molecular weight excluding hydrogens is 346 g/mol. The van der Waals surface area contributed by atoms with Gasteiger partial charge in [-0.1, -0.05) is 42.5 Å². The molecule has 1 atom stereocenters. The Morgan fingerprint density at radius 2 is 1.56 bits per heavy atom. The lowest BCUT2D eigenvalue weighted by atomic mass is 9.81. The highest BCUT2D eigenvalue weighted by Gasteiger charge is 2.45. The molecule has 0 bridgehead atoms. The van der Waals surface area contributed by atoms with E-state index in [9.17, 15) is 4.79 Å². The fourth-order valence-corrected chi connectivity index (χ4v) is 3.25. The molecule has 0 saturated carbocycles. The highest BCUT2D eigenvalue weighted by Crippen LogP contribution is 2.33. The number of Topliss-reactive ketones (excluding diaryl/α,β-unsaturated/α-hetero) is 1. The Morgan fingerprint density at radius 1 is 0.926 bits per heavy atom. The van der Waals surface area contributed by atoms with Crippen LogP contribution in [0.4, 0.5) is 0 Å². The van der Waals surface area contributed by atoms with Gasteiger partial charge in [-0.25, -0.2) is 0 Å². The van der Waals surface area contributed by atoms with Crippen molar-refractivity contribution in [3.05, 3.63) is 59.7 Å². The van der Waals surface area contributed by atoms with E-state index in [1.54, 1.807) is 32.4 Å². The van der Waals surface area contributed by atoms with Gasteiger partial charge in [0.25, 0.3) is 0 Å². The highest BCUT2D eigenvalue weighted by molar-refractivity contribution is 6.03. The number of carbonyl (C=O) groups is 1. The average molecular weight is 373 g/mol. The molecule has 27 heavy (non-hydrogen) atoms. The molecule has 0 aromatic heterocycles. The van der Waals surface area contributed by atoms with Crippen molar-refractivity contribution in [2.45, 2.75) is 25.3 Å². The number of methoxy groups -OCH3 is 2. The van der Waals surface area contributed by atoms with E-state index >= 15 is 0 Å². The SMILES string of the molecule is CCC(Cc1ccccc1)(C(=O)c1ccc(OC)c(OC)c1)N(OC)OC. The molecule has 6 heteroatoms. The quantitative estimate of drug-likeness (QED) is 0.467. The Kier molecular flexibility index (Phi) is 7.36. The van der Waals surface area contributed by atoms with Gasteiger partial charge in [0.05, 0.1) is 28.4 Å². The molecule has 0 aliphatic carbocycles. The summed E-state index contributed by atoms with van der Waals surface area (Å²) in [5, 5.41) is 1.28. The predicted octanol–water partition coefficient (Wildman–Crippen LogP) is 3.70. The molecule has 0 heterocycles. The molecule has 0 N–H and O–H groups in total. The summed E-state index contributed by atoms with van der Waals surface area (Å²) < 4.78 is 10.6. The van der Waals surface area contributed by atoms with Crippen molar-refractivity contribution in [1.82, 2.24) is 5.23 Å². The maximum atomic E-state index is 13.6. The standard InChI is InChI=1S/C21H27NO5/c1-6-21(22(26-4)27-5,15-16-10-8-7-9-11-16)20(23)17-12-13-18(24-2)19(14-17)25-3/h7-14H,6,15H2,1-5H3. The molecule has 146 valence electrons. The van der Waals surface area contributed by atoms with Gasteiger partial charge in [0.15, 0.2) is 17.3 Å². The molecule has 0 fully saturated rings. The first-order valence-corrected chi connectivity index (χ1v) is 8.75. The number of hydroxylamine groups is 2. The van der Waals surface area contributed by atoms with E-state index in [1.807, 2.05) is 37.3 Å². The smallest absolute Gasteiger partial charge is 0.188 e. The van der Waals surface area contributed by atoms with E-state index in [2.05, 4.69) is 0 Å². The van der Waals surface area contributed by atoms with Crippen LogP contribution in [-0.2, 0) is 16.1 Å². The average Bonchev–Trinajstić information content (AvgIpc) is 2.73. The van der Waals surface area contributed by atoms with E-state index in [4.69, 9.17) is 19.1 Å². The van der Waals surface area contributed by atoms with Crippen LogP contribution >= 0.6 is 0 Å². The summed E-state index contributed by atoms with van der Waals surface area (Å²) in [5.74, 6) is 0.933. The Balaban J connectivity index is 2.53. The zero-order valence-corrected chi connectivity index (χ0v) is 16.5. The van der Waals surface area contributed by atoms with E-state index < -0.39 is 5.54 Å². The fourth-order valence-electron chi connectivity index (χ4n) is 3.25. The predicted molar refractivity (Wildman–Crippen MR) is 103 cm³/mol. The molecule has 0 radical (unpaired) electrons. The zero-order chi connectivity index (χ0) is 19.9. The van der Waals surface area contributed by atoms with Crippen LogP contribution in [0.25, 0.3) is 0 Å². The van der Waals surface area contributed by atoms with Crippen LogP contribution in [0.5, 0.6) is 11.5 Å². The Hall–Kier alpha value is -2.41. The number of hydrogen-bond acceptors (Lipinski definition) is 6. The number of carbonyl (C=O) groups excluding carboxylic acids is 1. The van der Waals surface area contributed by atoms with Gasteiger partial charge in [-0.15, -0.1) is 0 Å². The van der Waals surface area contributed by atoms with Crippen molar-refractivity contribution in [2.75, 3.05) is 28.4 Å². The Labute approximate surface area is 160 Å². The first-order valence-electron chi connectivity index (χ1n) is 8.75. The zero-order valence-electron chi connectivity index (χ0n) is 16.5. The topological polar surface area (TPSA) is 57.2 Å². The Morgan fingerprint density at radius 3 is 2.07 bits per heavy atom. The number of nitrogens with zero attached hydrogens (tertiary/aromatic N) is 1. The molecular formula is C21H27NO5. The summed E-state index contributed by atoms with van der Waals surface area (Å²) in [6.07, 6.45) is 0.913. The first kappa shape index (κ1) is 20.9. The summed E-state index contributed by atoms with van der Waals surface area (Å²) in [6.45, 7) is 1.94. The number of ketones is 1. The summed E-state index contributed by atoms with van der Waals surface area (Å²) in [4.78, 5) is 24.4. The third kappa shape index (κ3) is 4.30. The normalized spacial score (nSPS) is 13.3. The molecule has 1 unspecified atom stereocenters. The summed E-state index contributed by atoms with van der Waals surface area (Å²) in [7, 11) is 6.07. The first-order chi connectivity index (χ1) is 13.1. The molecule has 0 saturated heterocycles. The minimum Gasteiger partial charge on any atom is -0.493 e. The van der Waals surface area contributed by atoms with Crippen LogP contribution in [0.15, 0.2) is 48.5 Å². The van der Waals surface area contributed by atoms with Crippen LogP contribution < -0.4 is 9.47 Å². The van der Waals surface area contributed by atoms with Crippen molar-refractivity contribution in [2.24, 2.45) is 0 Å². The lowest BCUT2D eigenvalue weighted by Gasteiger charge is -2.38. The minimum atomic E-state index is -1.04. The van der Waals surface area contributed by atoms with Crippen LogP contribution in [0, 0.1) is 0 Å². The van der Waals surface area contributed by atoms with E-state index in [0.29, 0.717) is 29.9 Å². The van der Waals surface area contributed by atoms with Gasteiger partial charge in [0.2, 0.25) is 0 Å². The van der Waals surface area contributed by atoms with Gasteiger partial charge in [0, 0.05) is 12.0 Å². The number of ether oxygens (including phenoxy) is 2. The number of hydrogen-bond donors (Lipinski definition) is 0. The molecule has 2 aromatic rings. The van der Waals surface area contributed by atoms with Gasteiger partial charge in [-0.3, -0.25) is 14.5 Å². The maximum Gasteiger partial charge on any atom is 0.188 e. The van der Waals surface area contributed by atoms with Gasteiger partial charge in [-0.2, -0.15) is 0 Å². The molecule has 2 rings (SSSR count). The van der Waals surface area contributed by atoms with Crippen molar-refractivity contribution in [1.29, 1.82) is 0 Å². The second kappa shape index (κ2) is 9.50. The lowest BCUT2D eigenvalue weighted by Crippen LogP contribution is -2.55. The molecule has 0 spiro atoms. The van der Waals surface area contributed by atoms with Crippen molar-refractivity contribution in [3.63, 3.8) is 0 Å². The van der Waals surface area contributed by atoms with Crippen LogP contribution in [0.3, 0.4) is 0 Å². The highest BCUT2D eigenvalue weighted by atomic mass is 16.9. The molecule has 0 aliphatic rings. The van der Waals surface area contributed by atoms with Crippen molar-refractivity contribution >= 4 is 5.78 Å². The second-order valence-corrected chi connectivity index (χ2v) is 6.07. The van der Waals surface area contributed by atoms with Crippen LogP contribution in [-0.4, -0.2) is 45.0 Å². The van der Waals surface area contributed by atoms with E-state index in [1.165, 1.54) is 19.4 Å². The van der Waals surface area contributed by atoms with Crippen LogP contribution in [0.2, 0.25) is 0 Å². The summed E-state index contributed by atoms with van der Waals surface area (Å²) in [6, 6.07) is 14.9. The third-order valence-electron chi connectivity index (χ3n) is 4.67. The van der Waals surface area contributed by atoms with Crippen molar-refractivity contribution in [3.8, 4) is 11.5 Å². The lowest BCUT2D eigenvalue weighted by molar-refractivity contribution is -0.380. The van der Waals surface area contributed by atoms with E-state index in [-0.39, 0.29) is 5.78 Å². The maximum absolute atomic E-state index is 13.6. The number of benzene rings is 2. The minimum absolute atomic E-state index is 0.126. The largest absolute Gasteiger partial charge is 0.493 e. The molecule has 2 aromatic carbocycles. The second-order valence-electron chi connectivity index (χ2n) is 6.07. The van der Waals surface area contributed by atoms with E-state index in [0.717, 1.165) is 5.56 Å². The molecule has 0 amide bonds. The van der Waals surface area contributed by atoms with Gasteiger partial charge >= 0.3 is 0 Å². The fraction of sp³-hybridized carbons (Fsp3) is 0.381. The summed E-state index contributed by atoms with van der Waals surface area (Å²) in [5.41, 5.74) is 0.460. The number of rotatable bonds is 10. The summed E-state index contributed by atoms with van der Waals surface area (Å²) >= 11 is 0. The monoisotopic (exact) mass is 373 g/mol. The molecule has 6 nitrogen and oxygen atoms in total. The third-order valence-corrected chi connectivity index (χ3v) is 4.67. The van der Waals surface area contributed by atoms with Crippen molar-refractivity contribution < 1.29 is 23.9 Å². The van der Waals surface area contributed by atoms with Crippen LogP contribution in [0.1, 0.15) is 29.3 Å². The van der Waals surface area contributed by atoms with Gasteiger partial charge in [0.1, 0.15) is 5.54 Å². The molecule has 0 aliphatic heterocycles. The van der Waals surface area contributed by atoms with Gasteiger partial charge < -0.3 is 9.47 Å². The Bertz CT molecular complexity index is 745.